The molecule has 1 amide bonds. The molecule has 4 N–H and O–H groups in total. The SMILES string of the molecule is CCC[C@H](NS(=O)(=O)N1CCN(c2ccc(/C=C/c3ccc4cccc(C(N)=O)c4c3)cc2)CC1)C(=O)O. The van der Waals surface area contributed by atoms with E-state index in [9.17, 15) is 23.1 Å². The molecule has 3 aromatic rings. The predicted molar refractivity (Wildman–Crippen MR) is 150 cm³/mol. The Morgan fingerprint density at radius 1 is 1.00 bits per heavy atom. The Labute approximate surface area is 222 Å². The summed E-state index contributed by atoms with van der Waals surface area (Å²) in [5.74, 6) is -1.62. The van der Waals surface area contributed by atoms with Crippen LogP contribution in [0, 0.1) is 0 Å². The van der Waals surface area contributed by atoms with E-state index in [1.54, 1.807) is 6.07 Å². The Balaban J connectivity index is 1.38. The number of carbonyl (C=O) groups excluding carboxylic acids is 1. The first-order valence-corrected chi connectivity index (χ1v) is 14.0. The summed E-state index contributed by atoms with van der Waals surface area (Å²) < 4.78 is 29.0. The molecule has 9 nitrogen and oxygen atoms in total. The summed E-state index contributed by atoms with van der Waals surface area (Å²) in [7, 11) is -3.88. The molecule has 1 aliphatic heterocycles. The minimum Gasteiger partial charge on any atom is -0.480 e. The molecule has 0 aliphatic carbocycles. The molecule has 1 atom stereocenters. The first-order valence-electron chi connectivity index (χ1n) is 12.5. The van der Waals surface area contributed by atoms with E-state index in [0.29, 0.717) is 25.1 Å². The molecule has 1 heterocycles. The number of nitrogens with zero attached hydrogens (tertiary/aromatic N) is 2. The number of piperazine rings is 1. The van der Waals surface area contributed by atoms with Crippen molar-refractivity contribution in [1.82, 2.24) is 9.03 Å². The number of hydrogen-bond donors (Lipinski definition) is 3. The lowest BCUT2D eigenvalue weighted by Crippen LogP contribution is -2.54. The van der Waals surface area contributed by atoms with Crippen molar-refractivity contribution in [3.63, 3.8) is 0 Å². The van der Waals surface area contributed by atoms with Gasteiger partial charge in [-0.2, -0.15) is 17.4 Å². The minimum atomic E-state index is -3.88. The molecule has 0 saturated carbocycles. The van der Waals surface area contributed by atoms with Gasteiger partial charge in [-0.15, -0.1) is 0 Å². The molecule has 0 aromatic heterocycles. The zero-order chi connectivity index (χ0) is 27.3. The third-order valence-electron chi connectivity index (χ3n) is 6.64. The summed E-state index contributed by atoms with van der Waals surface area (Å²) in [6.45, 7) is 3.35. The van der Waals surface area contributed by atoms with E-state index >= 15 is 0 Å². The molecule has 0 spiro atoms. The van der Waals surface area contributed by atoms with Gasteiger partial charge in [0.2, 0.25) is 5.91 Å². The molecule has 200 valence electrons. The molecular formula is C28H32N4O5S. The first-order chi connectivity index (χ1) is 18.2. The second-order valence-electron chi connectivity index (χ2n) is 9.26. The number of rotatable bonds is 10. The van der Waals surface area contributed by atoms with Crippen LogP contribution in [0.2, 0.25) is 0 Å². The van der Waals surface area contributed by atoms with Gasteiger partial charge >= 0.3 is 5.97 Å². The van der Waals surface area contributed by atoms with E-state index in [2.05, 4.69) is 9.62 Å². The lowest BCUT2D eigenvalue weighted by Gasteiger charge is -2.35. The van der Waals surface area contributed by atoms with Crippen molar-refractivity contribution in [2.75, 3.05) is 31.1 Å². The normalized spacial score (nSPS) is 15.7. The predicted octanol–water partition coefficient (Wildman–Crippen LogP) is 3.32. The maximum Gasteiger partial charge on any atom is 0.321 e. The van der Waals surface area contributed by atoms with E-state index < -0.39 is 28.1 Å². The van der Waals surface area contributed by atoms with Crippen LogP contribution in [0.25, 0.3) is 22.9 Å². The van der Waals surface area contributed by atoms with Crippen molar-refractivity contribution in [2.45, 2.75) is 25.8 Å². The van der Waals surface area contributed by atoms with Gasteiger partial charge in [0.1, 0.15) is 6.04 Å². The highest BCUT2D eigenvalue weighted by atomic mass is 32.2. The van der Waals surface area contributed by atoms with Crippen molar-refractivity contribution >= 4 is 50.7 Å². The van der Waals surface area contributed by atoms with Gasteiger partial charge in [-0.25, -0.2) is 0 Å². The van der Waals surface area contributed by atoms with E-state index in [4.69, 9.17) is 5.73 Å². The average molecular weight is 537 g/mol. The van der Waals surface area contributed by atoms with Gasteiger partial charge in [0.25, 0.3) is 10.2 Å². The number of carbonyl (C=O) groups is 2. The largest absolute Gasteiger partial charge is 0.480 e. The summed E-state index contributed by atoms with van der Waals surface area (Å²) in [6.07, 6.45) is 4.77. The number of hydrogen-bond acceptors (Lipinski definition) is 5. The Bertz CT molecular complexity index is 1450. The second-order valence-corrected chi connectivity index (χ2v) is 11.0. The van der Waals surface area contributed by atoms with Crippen LogP contribution in [-0.2, 0) is 15.0 Å². The Hall–Kier alpha value is -3.73. The van der Waals surface area contributed by atoms with E-state index in [1.165, 1.54) is 4.31 Å². The van der Waals surface area contributed by atoms with Gasteiger partial charge in [-0.05, 0) is 52.6 Å². The highest BCUT2D eigenvalue weighted by Crippen LogP contribution is 2.23. The van der Waals surface area contributed by atoms with Crippen LogP contribution in [0.3, 0.4) is 0 Å². The number of nitrogens with two attached hydrogens (primary N) is 1. The third kappa shape index (κ3) is 6.39. The number of carboxylic acids is 1. The second kappa shape index (κ2) is 11.8. The zero-order valence-corrected chi connectivity index (χ0v) is 22.0. The highest BCUT2D eigenvalue weighted by molar-refractivity contribution is 7.87. The molecule has 38 heavy (non-hydrogen) atoms. The molecule has 0 unspecified atom stereocenters. The highest BCUT2D eigenvalue weighted by Gasteiger charge is 2.31. The van der Waals surface area contributed by atoms with Crippen molar-refractivity contribution < 1.29 is 23.1 Å². The summed E-state index contributed by atoms with van der Waals surface area (Å²) in [4.78, 5) is 25.2. The van der Waals surface area contributed by atoms with Crippen molar-refractivity contribution in [1.29, 1.82) is 0 Å². The summed E-state index contributed by atoms with van der Waals surface area (Å²) in [5.41, 5.74) is 8.95. The Morgan fingerprint density at radius 2 is 1.66 bits per heavy atom. The third-order valence-corrected chi connectivity index (χ3v) is 8.27. The maximum absolute atomic E-state index is 12.7. The lowest BCUT2D eigenvalue weighted by molar-refractivity contribution is -0.139. The number of aliphatic carboxylic acids is 1. The molecule has 1 saturated heterocycles. The van der Waals surface area contributed by atoms with Gasteiger partial charge < -0.3 is 15.7 Å². The fourth-order valence-corrected chi connectivity index (χ4v) is 5.93. The van der Waals surface area contributed by atoms with Gasteiger partial charge in [-0.1, -0.05) is 61.9 Å². The fourth-order valence-electron chi connectivity index (χ4n) is 4.56. The molecule has 4 rings (SSSR count). The van der Waals surface area contributed by atoms with Gasteiger partial charge in [0.05, 0.1) is 0 Å². The lowest BCUT2D eigenvalue weighted by atomic mass is 10.0. The molecule has 0 bridgehead atoms. The molecular weight excluding hydrogens is 504 g/mol. The number of fused-ring (bicyclic) bond motifs is 1. The van der Waals surface area contributed by atoms with E-state index in [1.807, 2.05) is 73.7 Å². The fraction of sp³-hybridized carbons (Fsp3) is 0.286. The molecule has 1 aliphatic rings. The van der Waals surface area contributed by atoms with E-state index in [0.717, 1.165) is 27.6 Å². The Morgan fingerprint density at radius 3 is 2.29 bits per heavy atom. The number of primary amides is 1. The van der Waals surface area contributed by atoms with E-state index in [-0.39, 0.29) is 19.5 Å². The molecule has 3 aromatic carbocycles. The van der Waals surface area contributed by atoms with Crippen molar-refractivity contribution in [3.05, 3.63) is 77.4 Å². The standard InChI is InChI=1S/C28H32N4O5S/c1-2-4-26(28(34)35)30-38(36,37)32-17-15-31(16-18-32)23-13-10-20(11-14-23)7-8-21-9-12-22-5-3-6-24(27(29)33)25(22)19-21/h3,5-14,19,26,30H,2,4,15-18H2,1H3,(H2,29,33)(H,34,35)/b8-7+/t26-/m0/s1. The van der Waals surface area contributed by atoms with Gasteiger partial charge in [-0.3, -0.25) is 9.59 Å². The first kappa shape index (κ1) is 27.3. The number of anilines is 1. The quantitative estimate of drug-likeness (QED) is 0.341. The monoisotopic (exact) mass is 536 g/mol. The smallest absolute Gasteiger partial charge is 0.321 e. The topological polar surface area (TPSA) is 133 Å². The number of benzene rings is 3. The van der Waals surface area contributed by atoms with Crippen LogP contribution >= 0.6 is 0 Å². The van der Waals surface area contributed by atoms with Crippen LogP contribution in [-0.4, -0.2) is 61.9 Å². The zero-order valence-electron chi connectivity index (χ0n) is 21.2. The van der Waals surface area contributed by atoms with Crippen LogP contribution in [0.1, 0.15) is 41.3 Å². The number of nitrogens with one attached hydrogen (secondary N) is 1. The molecule has 10 heteroatoms. The molecule has 0 radical (unpaired) electrons. The summed E-state index contributed by atoms with van der Waals surface area (Å²) >= 11 is 0. The van der Waals surface area contributed by atoms with Crippen LogP contribution in [0.4, 0.5) is 5.69 Å². The van der Waals surface area contributed by atoms with Crippen LogP contribution in [0.5, 0.6) is 0 Å². The van der Waals surface area contributed by atoms with Gasteiger partial charge in [0, 0.05) is 37.4 Å². The van der Waals surface area contributed by atoms with Gasteiger partial charge in [0.15, 0.2) is 0 Å². The summed E-state index contributed by atoms with van der Waals surface area (Å²) in [5, 5.41) is 11.0. The number of carboxylic acid groups (broad SMARTS) is 1. The number of amides is 1. The van der Waals surface area contributed by atoms with Crippen molar-refractivity contribution in [3.8, 4) is 0 Å². The average Bonchev–Trinajstić information content (AvgIpc) is 2.91. The maximum atomic E-state index is 12.7. The molecule has 1 fully saturated rings. The summed E-state index contributed by atoms with van der Waals surface area (Å²) in [6, 6.07) is 18.2. The van der Waals surface area contributed by atoms with Crippen LogP contribution in [0.15, 0.2) is 60.7 Å². The van der Waals surface area contributed by atoms with Crippen LogP contribution < -0.4 is 15.4 Å². The van der Waals surface area contributed by atoms with Crippen molar-refractivity contribution in [2.24, 2.45) is 5.73 Å². The minimum absolute atomic E-state index is 0.241. The Kier molecular flexibility index (Phi) is 8.45.